The topological polar surface area (TPSA) is 64.3 Å². The Morgan fingerprint density at radius 3 is 2.50 bits per heavy atom. The van der Waals surface area contributed by atoms with Crippen molar-refractivity contribution in [3.63, 3.8) is 0 Å². The lowest BCUT2D eigenvalue weighted by Gasteiger charge is -2.34. The number of carbonyl (C=O) groups excluding carboxylic acids is 1. The average Bonchev–Trinajstić information content (AvgIpc) is 2.67. The SMILES string of the molecule is N#Cc1cccc(C(=O)N2CCC(C(O)c3ccccc3)CC2)c1. The van der Waals surface area contributed by atoms with E-state index in [0.29, 0.717) is 24.2 Å². The van der Waals surface area contributed by atoms with Crippen molar-refractivity contribution in [3.05, 3.63) is 71.3 Å². The molecular formula is C20H20N2O2. The van der Waals surface area contributed by atoms with Gasteiger partial charge in [-0.1, -0.05) is 36.4 Å². The van der Waals surface area contributed by atoms with E-state index in [-0.39, 0.29) is 11.8 Å². The van der Waals surface area contributed by atoms with Gasteiger partial charge in [0.25, 0.3) is 5.91 Å². The first kappa shape index (κ1) is 16.2. The minimum Gasteiger partial charge on any atom is -0.388 e. The van der Waals surface area contributed by atoms with Gasteiger partial charge in [-0.25, -0.2) is 0 Å². The Morgan fingerprint density at radius 2 is 1.83 bits per heavy atom. The summed E-state index contributed by atoms with van der Waals surface area (Å²) in [5.74, 6) is 0.127. The summed E-state index contributed by atoms with van der Waals surface area (Å²) in [6, 6.07) is 18.5. The van der Waals surface area contributed by atoms with Crippen LogP contribution < -0.4 is 0 Å². The summed E-state index contributed by atoms with van der Waals surface area (Å²) in [5.41, 5.74) is 1.98. The van der Waals surface area contributed by atoms with Crippen LogP contribution in [0, 0.1) is 17.2 Å². The number of carbonyl (C=O) groups is 1. The quantitative estimate of drug-likeness (QED) is 0.945. The van der Waals surface area contributed by atoms with Crippen molar-refractivity contribution in [2.45, 2.75) is 18.9 Å². The van der Waals surface area contributed by atoms with Crippen molar-refractivity contribution >= 4 is 5.91 Å². The van der Waals surface area contributed by atoms with Gasteiger partial charge in [0, 0.05) is 18.7 Å². The summed E-state index contributed by atoms with van der Waals surface area (Å²) < 4.78 is 0. The van der Waals surface area contributed by atoms with E-state index in [2.05, 4.69) is 6.07 Å². The standard InChI is InChI=1S/C20H20N2O2/c21-14-15-5-4-8-18(13-15)20(24)22-11-9-17(10-12-22)19(23)16-6-2-1-3-7-16/h1-8,13,17,19,23H,9-12H2. The van der Waals surface area contributed by atoms with Crippen LogP contribution in [0.25, 0.3) is 0 Å². The molecule has 24 heavy (non-hydrogen) atoms. The van der Waals surface area contributed by atoms with Gasteiger partial charge in [-0.2, -0.15) is 5.26 Å². The number of hydrogen-bond donors (Lipinski definition) is 1. The van der Waals surface area contributed by atoms with Gasteiger partial charge >= 0.3 is 0 Å². The third kappa shape index (κ3) is 3.47. The molecule has 122 valence electrons. The van der Waals surface area contributed by atoms with Crippen LogP contribution in [0.5, 0.6) is 0 Å². The largest absolute Gasteiger partial charge is 0.388 e. The minimum atomic E-state index is -0.481. The van der Waals surface area contributed by atoms with E-state index in [0.717, 1.165) is 18.4 Å². The van der Waals surface area contributed by atoms with Gasteiger partial charge in [0.1, 0.15) is 0 Å². The second kappa shape index (κ2) is 7.29. The van der Waals surface area contributed by atoms with Crippen LogP contribution in [-0.4, -0.2) is 29.0 Å². The molecule has 1 aliphatic heterocycles. The van der Waals surface area contributed by atoms with Crippen LogP contribution in [-0.2, 0) is 0 Å². The molecular weight excluding hydrogens is 300 g/mol. The first-order valence-electron chi connectivity index (χ1n) is 8.21. The maximum atomic E-state index is 12.6. The highest BCUT2D eigenvalue weighted by Gasteiger charge is 2.28. The van der Waals surface area contributed by atoms with Gasteiger partial charge in [-0.05, 0) is 42.5 Å². The van der Waals surface area contributed by atoms with Gasteiger partial charge < -0.3 is 10.0 Å². The highest BCUT2D eigenvalue weighted by molar-refractivity contribution is 5.94. The number of nitriles is 1. The van der Waals surface area contributed by atoms with Gasteiger partial charge in [-0.15, -0.1) is 0 Å². The number of nitrogens with zero attached hydrogens (tertiary/aromatic N) is 2. The number of piperidine rings is 1. The maximum Gasteiger partial charge on any atom is 0.253 e. The average molecular weight is 320 g/mol. The lowest BCUT2D eigenvalue weighted by Crippen LogP contribution is -2.39. The smallest absolute Gasteiger partial charge is 0.253 e. The number of aliphatic hydroxyl groups is 1. The normalized spacial score (nSPS) is 16.4. The summed E-state index contributed by atoms with van der Waals surface area (Å²) in [6.45, 7) is 1.26. The van der Waals surface area contributed by atoms with Gasteiger partial charge in [-0.3, -0.25) is 4.79 Å². The zero-order chi connectivity index (χ0) is 16.9. The predicted molar refractivity (Wildman–Crippen MR) is 91.2 cm³/mol. The van der Waals surface area contributed by atoms with E-state index in [1.54, 1.807) is 24.3 Å². The van der Waals surface area contributed by atoms with Crippen molar-refractivity contribution in [1.29, 1.82) is 5.26 Å². The van der Waals surface area contributed by atoms with E-state index in [9.17, 15) is 9.90 Å². The van der Waals surface area contributed by atoms with Crippen molar-refractivity contribution in [3.8, 4) is 6.07 Å². The van der Waals surface area contributed by atoms with Crippen molar-refractivity contribution in [1.82, 2.24) is 4.90 Å². The van der Waals surface area contributed by atoms with E-state index in [4.69, 9.17) is 5.26 Å². The summed E-state index contributed by atoms with van der Waals surface area (Å²) in [7, 11) is 0. The molecule has 0 aromatic heterocycles. The summed E-state index contributed by atoms with van der Waals surface area (Å²) >= 11 is 0. The molecule has 1 amide bonds. The summed E-state index contributed by atoms with van der Waals surface area (Å²) in [4.78, 5) is 14.4. The van der Waals surface area contributed by atoms with Crippen LogP contribution in [0.3, 0.4) is 0 Å². The molecule has 4 nitrogen and oxygen atoms in total. The molecule has 1 unspecified atom stereocenters. The molecule has 2 aromatic carbocycles. The molecule has 4 heteroatoms. The predicted octanol–water partition coefficient (Wildman–Crippen LogP) is 3.14. The number of amides is 1. The highest BCUT2D eigenvalue weighted by atomic mass is 16.3. The third-order valence-electron chi connectivity index (χ3n) is 4.65. The van der Waals surface area contributed by atoms with E-state index >= 15 is 0 Å². The zero-order valence-electron chi connectivity index (χ0n) is 13.4. The number of rotatable bonds is 3. The molecule has 2 aromatic rings. The molecule has 1 fully saturated rings. The molecule has 0 spiro atoms. The molecule has 1 saturated heterocycles. The third-order valence-corrected chi connectivity index (χ3v) is 4.65. The van der Waals surface area contributed by atoms with Crippen molar-refractivity contribution in [2.24, 2.45) is 5.92 Å². The number of aliphatic hydroxyl groups excluding tert-OH is 1. The molecule has 1 atom stereocenters. The second-order valence-electron chi connectivity index (χ2n) is 6.18. The molecule has 3 rings (SSSR count). The van der Waals surface area contributed by atoms with E-state index < -0.39 is 6.10 Å². The van der Waals surface area contributed by atoms with Crippen LogP contribution in [0.15, 0.2) is 54.6 Å². The Bertz CT molecular complexity index is 744. The Balaban J connectivity index is 1.62. The van der Waals surface area contributed by atoms with Crippen LogP contribution >= 0.6 is 0 Å². The Morgan fingerprint density at radius 1 is 1.12 bits per heavy atom. The van der Waals surface area contributed by atoms with Gasteiger partial charge in [0.05, 0.1) is 17.7 Å². The molecule has 1 aliphatic rings. The Kier molecular flexibility index (Phi) is 4.93. The molecule has 0 bridgehead atoms. The first-order chi connectivity index (χ1) is 11.7. The molecule has 1 N–H and O–H groups in total. The van der Waals surface area contributed by atoms with Crippen LogP contribution in [0.4, 0.5) is 0 Å². The highest BCUT2D eigenvalue weighted by Crippen LogP contribution is 2.31. The second-order valence-corrected chi connectivity index (χ2v) is 6.18. The van der Waals surface area contributed by atoms with Crippen LogP contribution in [0.1, 0.15) is 40.4 Å². The fourth-order valence-corrected chi connectivity index (χ4v) is 3.25. The lowest BCUT2D eigenvalue weighted by molar-refractivity contribution is 0.0462. The first-order valence-corrected chi connectivity index (χ1v) is 8.21. The maximum absolute atomic E-state index is 12.6. The molecule has 1 heterocycles. The monoisotopic (exact) mass is 320 g/mol. The van der Waals surface area contributed by atoms with E-state index in [1.807, 2.05) is 35.2 Å². The van der Waals surface area contributed by atoms with Gasteiger partial charge in [0.15, 0.2) is 0 Å². The minimum absolute atomic E-state index is 0.0419. The zero-order valence-corrected chi connectivity index (χ0v) is 13.4. The molecule has 0 radical (unpaired) electrons. The summed E-state index contributed by atoms with van der Waals surface area (Å²) in [6.07, 6.45) is 1.07. The molecule has 0 saturated carbocycles. The van der Waals surface area contributed by atoms with Crippen LogP contribution in [0.2, 0.25) is 0 Å². The number of hydrogen-bond acceptors (Lipinski definition) is 3. The van der Waals surface area contributed by atoms with Gasteiger partial charge in [0.2, 0.25) is 0 Å². The van der Waals surface area contributed by atoms with Crippen molar-refractivity contribution in [2.75, 3.05) is 13.1 Å². The fraction of sp³-hybridized carbons (Fsp3) is 0.300. The lowest BCUT2D eigenvalue weighted by atomic mass is 9.87. The van der Waals surface area contributed by atoms with E-state index in [1.165, 1.54) is 0 Å². The fourth-order valence-electron chi connectivity index (χ4n) is 3.25. The molecule has 0 aliphatic carbocycles. The van der Waals surface area contributed by atoms with Crippen molar-refractivity contribution < 1.29 is 9.90 Å². The Hall–Kier alpha value is -2.64. The Labute approximate surface area is 142 Å². The summed E-state index contributed by atoms with van der Waals surface area (Å²) in [5, 5.41) is 19.5. The number of likely N-dealkylation sites (tertiary alicyclic amines) is 1. The number of benzene rings is 2.